The highest BCUT2D eigenvalue weighted by molar-refractivity contribution is 9.10. The monoisotopic (exact) mass is 388 g/mol. The fraction of sp³-hybridized carbons (Fsp3) is 0.316. The smallest absolute Gasteiger partial charge is 0.251 e. The number of hydrogen-bond donors (Lipinski definition) is 2. The number of halogens is 1. The molecule has 24 heavy (non-hydrogen) atoms. The van der Waals surface area contributed by atoms with Crippen LogP contribution in [0.3, 0.4) is 0 Å². The zero-order valence-electron chi connectivity index (χ0n) is 13.4. The van der Waals surface area contributed by atoms with Gasteiger partial charge in [-0.25, -0.2) is 0 Å². The molecule has 0 aromatic heterocycles. The standard InChI is InChI=1S/C19H21BrN2O2/c20-16-5-2-4-15(12-16)19(7-9-24-10-8-19)13-22-18(23)14-3-1-6-17(21)11-14/h1-6,11-12H,7-10,13,21H2,(H,22,23). The Morgan fingerprint density at radius 1 is 1.17 bits per heavy atom. The number of rotatable bonds is 4. The lowest BCUT2D eigenvalue weighted by Gasteiger charge is -2.38. The predicted octanol–water partition coefficient (Wildman–Crippen LogP) is 3.51. The third kappa shape index (κ3) is 3.79. The molecule has 0 aliphatic carbocycles. The SMILES string of the molecule is Nc1cccc(C(=O)NCC2(c3cccc(Br)c3)CCOCC2)c1. The third-order valence-corrected chi connectivity index (χ3v) is 5.12. The zero-order valence-corrected chi connectivity index (χ0v) is 15.0. The van der Waals surface area contributed by atoms with Gasteiger partial charge < -0.3 is 15.8 Å². The lowest BCUT2D eigenvalue weighted by atomic mass is 9.74. The van der Waals surface area contributed by atoms with Gasteiger partial charge in [-0.2, -0.15) is 0 Å². The van der Waals surface area contributed by atoms with E-state index in [1.807, 2.05) is 12.1 Å². The van der Waals surface area contributed by atoms with Gasteiger partial charge in [-0.1, -0.05) is 34.1 Å². The van der Waals surface area contributed by atoms with E-state index in [4.69, 9.17) is 10.5 Å². The van der Waals surface area contributed by atoms with Crippen molar-refractivity contribution in [3.8, 4) is 0 Å². The largest absolute Gasteiger partial charge is 0.399 e. The summed E-state index contributed by atoms with van der Waals surface area (Å²) in [5.41, 5.74) is 8.08. The highest BCUT2D eigenvalue weighted by atomic mass is 79.9. The number of nitrogens with two attached hydrogens (primary N) is 1. The van der Waals surface area contributed by atoms with E-state index in [-0.39, 0.29) is 11.3 Å². The van der Waals surface area contributed by atoms with Crippen molar-refractivity contribution < 1.29 is 9.53 Å². The van der Waals surface area contributed by atoms with Gasteiger partial charge in [-0.05, 0) is 48.7 Å². The molecule has 0 atom stereocenters. The van der Waals surface area contributed by atoms with Crippen molar-refractivity contribution in [1.29, 1.82) is 0 Å². The van der Waals surface area contributed by atoms with Crippen LogP contribution in [-0.4, -0.2) is 25.7 Å². The van der Waals surface area contributed by atoms with Gasteiger partial charge in [0.1, 0.15) is 0 Å². The average molecular weight is 389 g/mol. The number of nitrogen functional groups attached to an aromatic ring is 1. The number of amides is 1. The normalized spacial score (nSPS) is 16.5. The molecule has 0 spiro atoms. The number of nitrogens with one attached hydrogen (secondary N) is 1. The molecule has 3 rings (SSSR count). The number of carbonyl (C=O) groups excluding carboxylic acids is 1. The van der Waals surface area contributed by atoms with E-state index in [2.05, 4.69) is 33.4 Å². The summed E-state index contributed by atoms with van der Waals surface area (Å²) in [6.45, 7) is 2.00. The Bertz CT molecular complexity index is 727. The average Bonchev–Trinajstić information content (AvgIpc) is 2.60. The summed E-state index contributed by atoms with van der Waals surface area (Å²) in [5, 5.41) is 3.09. The molecule has 1 aliphatic heterocycles. The van der Waals surface area contributed by atoms with Crippen molar-refractivity contribution in [2.75, 3.05) is 25.5 Å². The van der Waals surface area contributed by atoms with E-state index in [0.29, 0.717) is 31.0 Å². The van der Waals surface area contributed by atoms with Crippen LogP contribution >= 0.6 is 15.9 Å². The second-order valence-electron chi connectivity index (χ2n) is 6.21. The number of ether oxygens (including phenoxy) is 1. The molecule has 2 aromatic carbocycles. The highest BCUT2D eigenvalue weighted by Crippen LogP contribution is 2.35. The molecule has 3 N–H and O–H groups in total. The number of benzene rings is 2. The maximum absolute atomic E-state index is 12.5. The lowest BCUT2D eigenvalue weighted by molar-refractivity contribution is 0.0487. The molecular formula is C19H21BrN2O2. The van der Waals surface area contributed by atoms with E-state index in [0.717, 1.165) is 17.3 Å². The molecule has 1 fully saturated rings. The van der Waals surface area contributed by atoms with E-state index in [9.17, 15) is 4.79 Å². The molecule has 4 nitrogen and oxygen atoms in total. The fourth-order valence-electron chi connectivity index (χ4n) is 3.18. The molecule has 1 saturated heterocycles. The molecule has 0 radical (unpaired) electrons. The lowest BCUT2D eigenvalue weighted by Crippen LogP contribution is -2.44. The summed E-state index contributed by atoms with van der Waals surface area (Å²) in [5.74, 6) is -0.0943. The molecule has 2 aromatic rings. The van der Waals surface area contributed by atoms with Crippen LogP contribution < -0.4 is 11.1 Å². The maximum Gasteiger partial charge on any atom is 0.251 e. The van der Waals surface area contributed by atoms with Gasteiger partial charge in [0.25, 0.3) is 5.91 Å². The maximum atomic E-state index is 12.5. The van der Waals surface area contributed by atoms with Gasteiger partial charge in [0, 0.05) is 40.9 Å². The minimum absolute atomic E-state index is 0.0943. The van der Waals surface area contributed by atoms with E-state index in [1.54, 1.807) is 24.3 Å². The van der Waals surface area contributed by atoms with Gasteiger partial charge in [-0.3, -0.25) is 4.79 Å². The van der Waals surface area contributed by atoms with E-state index in [1.165, 1.54) is 5.56 Å². The Kier molecular flexibility index (Phi) is 5.21. The summed E-state index contributed by atoms with van der Waals surface area (Å²) in [4.78, 5) is 12.5. The Balaban J connectivity index is 1.79. The highest BCUT2D eigenvalue weighted by Gasteiger charge is 2.35. The summed E-state index contributed by atoms with van der Waals surface area (Å²) in [6, 6.07) is 15.4. The predicted molar refractivity (Wildman–Crippen MR) is 99.1 cm³/mol. The number of carbonyl (C=O) groups is 1. The van der Waals surface area contributed by atoms with Crippen molar-refractivity contribution in [1.82, 2.24) is 5.32 Å². The molecule has 5 heteroatoms. The number of hydrogen-bond acceptors (Lipinski definition) is 3. The second-order valence-corrected chi connectivity index (χ2v) is 7.13. The number of anilines is 1. The van der Waals surface area contributed by atoms with Crippen LogP contribution in [0.25, 0.3) is 0 Å². The van der Waals surface area contributed by atoms with Crippen molar-refractivity contribution in [2.24, 2.45) is 0 Å². The van der Waals surface area contributed by atoms with E-state index < -0.39 is 0 Å². The second kappa shape index (κ2) is 7.36. The molecule has 126 valence electrons. The minimum Gasteiger partial charge on any atom is -0.399 e. The first kappa shape index (κ1) is 17.0. The molecule has 0 unspecified atom stereocenters. The first-order valence-corrected chi connectivity index (χ1v) is 8.86. The van der Waals surface area contributed by atoms with Crippen LogP contribution in [0.2, 0.25) is 0 Å². The molecule has 0 bridgehead atoms. The molecule has 1 aliphatic rings. The van der Waals surface area contributed by atoms with Crippen LogP contribution in [0, 0.1) is 0 Å². The summed E-state index contributed by atoms with van der Waals surface area (Å²) >= 11 is 3.55. The minimum atomic E-state index is -0.0992. The summed E-state index contributed by atoms with van der Waals surface area (Å²) in [6.07, 6.45) is 1.78. The molecular weight excluding hydrogens is 368 g/mol. The van der Waals surface area contributed by atoms with Gasteiger partial charge in [-0.15, -0.1) is 0 Å². The first-order chi connectivity index (χ1) is 11.6. The van der Waals surface area contributed by atoms with Gasteiger partial charge in [0.05, 0.1) is 0 Å². The van der Waals surface area contributed by atoms with Crippen molar-refractivity contribution >= 4 is 27.5 Å². The Hall–Kier alpha value is -1.85. The Labute approximate surface area is 150 Å². The molecule has 0 saturated carbocycles. The summed E-state index contributed by atoms with van der Waals surface area (Å²) in [7, 11) is 0. The van der Waals surface area contributed by atoms with Crippen molar-refractivity contribution in [3.05, 3.63) is 64.1 Å². The Morgan fingerprint density at radius 3 is 2.62 bits per heavy atom. The first-order valence-electron chi connectivity index (χ1n) is 8.07. The van der Waals surface area contributed by atoms with Crippen LogP contribution in [0.15, 0.2) is 53.0 Å². The zero-order chi connectivity index (χ0) is 17.0. The fourth-order valence-corrected chi connectivity index (χ4v) is 3.58. The van der Waals surface area contributed by atoms with Gasteiger partial charge in [0.15, 0.2) is 0 Å². The van der Waals surface area contributed by atoms with Crippen LogP contribution in [-0.2, 0) is 10.2 Å². The third-order valence-electron chi connectivity index (χ3n) is 4.62. The molecule has 1 amide bonds. The van der Waals surface area contributed by atoms with E-state index >= 15 is 0 Å². The van der Waals surface area contributed by atoms with Gasteiger partial charge in [0.2, 0.25) is 0 Å². The topological polar surface area (TPSA) is 64.4 Å². The summed E-state index contributed by atoms with van der Waals surface area (Å²) < 4.78 is 6.59. The van der Waals surface area contributed by atoms with Crippen molar-refractivity contribution in [2.45, 2.75) is 18.3 Å². The van der Waals surface area contributed by atoms with Crippen LogP contribution in [0.1, 0.15) is 28.8 Å². The van der Waals surface area contributed by atoms with Gasteiger partial charge >= 0.3 is 0 Å². The van der Waals surface area contributed by atoms with Crippen LogP contribution in [0.5, 0.6) is 0 Å². The van der Waals surface area contributed by atoms with Crippen molar-refractivity contribution in [3.63, 3.8) is 0 Å². The quantitative estimate of drug-likeness (QED) is 0.787. The Morgan fingerprint density at radius 2 is 1.92 bits per heavy atom. The molecule has 1 heterocycles. The van der Waals surface area contributed by atoms with Crippen LogP contribution in [0.4, 0.5) is 5.69 Å².